The van der Waals surface area contributed by atoms with Crippen molar-refractivity contribution in [2.75, 3.05) is 39.1 Å². The van der Waals surface area contributed by atoms with Gasteiger partial charge in [0.05, 0.1) is 43.2 Å². The summed E-state index contributed by atoms with van der Waals surface area (Å²) < 4.78 is 29.2. The molecule has 4 heterocycles. The summed E-state index contributed by atoms with van der Waals surface area (Å²) in [7, 11) is 1.38. The number of aromatic nitrogens is 6. The quantitative estimate of drug-likeness (QED) is 0.217. The van der Waals surface area contributed by atoms with E-state index in [-0.39, 0.29) is 47.4 Å². The summed E-state index contributed by atoms with van der Waals surface area (Å²) in [5.41, 5.74) is 8.99. The number of fused-ring (bicyclic) bond motifs is 2. The van der Waals surface area contributed by atoms with Crippen LogP contribution in [0.3, 0.4) is 0 Å². The number of carbonyl (C=O) groups excluding carboxylic acids is 1. The Morgan fingerprint density at radius 2 is 1.76 bits per heavy atom. The third kappa shape index (κ3) is 6.32. The fourth-order valence-corrected chi connectivity index (χ4v) is 6.37. The van der Waals surface area contributed by atoms with Crippen molar-refractivity contribution in [1.29, 1.82) is 0 Å². The molecule has 1 fully saturated rings. The Morgan fingerprint density at radius 1 is 1.00 bits per heavy atom. The van der Waals surface area contributed by atoms with Gasteiger partial charge in [-0.15, -0.1) is 0 Å². The third-order valence-electron chi connectivity index (χ3n) is 8.93. The smallest absolute Gasteiger partial charge is 0.262 e. The Labute approximate surface area is 285 Å². The minimum atomic E-state index is -0.581. The number of phenolic OH excluding ortho intramolecular Hbond substituents is 1. The third-order valence-corrected chi connectivity index (χ3v) is 8.93. The molecule has 3 N–H and O–H groups in total. The standard InChI is InChI=1S/C36H35FN8O5/c1-49-27-9-3-7-24(32(27)37)19-44-28(20-45-35-31(34(38)39-21-40-35)33(42-45)23-11-13-25(46)14-12-23)41-26-8-2-5-22(30(26)36(44)48)6-4-10-29(47)43-15-17-50-18-16-43/h2-3,5,7-9,11-14,21,46H,4,6,10,15-20H2,1H3,(H2,38,39,40). The predicted octanol–water partition coefficient (Wildman–Crippen LogP) is 3.92. The SMILES string of the molecule is COc1cccc(Cn2c(Cn3nc(-c4ccc(O)cc4)c4c(N)ncnc43)nc3cccc(CCCC(=O)N4CCOCC4)c3c2=O)c1F. The van der Waals surface area contributed by atoms with E-state index in [4.69, 9.17) is 25.3 Å². The van der Waals surface area contributed by atoms with E-state index >= 15 is 4.39 Å². The van der Waals surface area contributed by atoms with Crippen LogP contribution in [0.1, 0.15) is 29.8 Å². The highest BCUT2D eigenvalue weighted by Crippen LogP contribution is 2.31. The maximum atomic E-state index is 15.5. The maximum Gasteiger partial charge on any atom is 0.262 e. The number of anilines is 1. The van der Waals surface area contributed by atoms with Crippen molar-refractivity contribution in [1.82, 2.24) is 34.2 Å². The molecule has 0 spiro atoms. The van der Waals surface area contributed by atoms with E-state index in [9.17, 15) is 14.7 Å². The van der Waals surface area contributed by atoms with Gasteiger partial charge in [-0.3, -0.25) is 14.2 Å². The van der Waals surface area contributed by atoms with E-state index in [1.807, 2.05) is 12.1 Å². The van der Waals surface area contributed by atoms with Crippen LogP contribution in [0, 0.1) is 5.82 Å². The minimum Gasteiger partial charge on any atom is -0.508 e. The topological polar surface area (TPSA) is 164 Å². The predicted molar refractivity (Wildman–Crippen MR) is 184 cm³/mol. The van der Waals surface area contributed by atoms with Gasteiger partial charge >= 0.3 is 0 Å². The summed E-state index contributed by atoms with van der Waals surface area (Å²) in [5, 5.41) is 15.6. The van der Waals surface area contributed by atoms with Crippen LogP contribution in [0.2, 0.25) is 0 Å². The van der Waals surface area contributed by atoms with Crippen molar-refractivity contribution in [2.45, 2.75) is 32.4 Å². The van der Waals surface area contributed by atoms with Gasteiger partial charge in [-0.05, 0) is 54.8 Å². The molecule has 0 bridgehead atoms. The van der Waals surface area contributed by atoms with Gasteiger partial charge in [0.1, 0.15) is 36.0 Å². The molecule has 7 rings (SSSR count). The summed E-state index contributed by atoms with van der Waals surface area (Å²) in [5.74, 6) is 0.149. The Kier molecular flexibility index (Phi) is 9.09. The van der Waals surface area contributed by atoms with E-state index in [1.54, 1.807) is 52.0 Å². The number of halogens is 1. The monoisotopic (exact) mass is 678 g/mol. The minimum absolute atomic E-state index is 0.0138. The number of nitrogen functional groups attached to an aromatic ring is 1. The van der Waals surface area contributed by atoms with E-state index < -0.39 is 5.82 Å². The number of rotatable bonds is 10. The number of ether oxygens (including phenoxy) is 2. The van der Waals surface area contributed by atoms with Gasteiger partial charge in [0.2, 0.25) is 5.91 Å². The number of hydrogen-bond acceptors (Lipinski definition) is 10. The van der Waals surface area contributed by atoms with Crippen molar-refractivity contribution in [3.63, 3.8) is 0 Å². The molecular formula is C36H35FN8O5. The molecule has 3 aromatic carbocycles. The molecule has 14 heteroatoms. The lowest BCUT2D eigenvalue weighted by molar-refractivity contribution is -0.135. The highest BCUT2D eigenvalue weighted by molar-refractivity contribution is 5.98. The Morgan fingerprint density at radius 3 is 2.54 bits per heavy atom. The number of aromatic hydroxyl groups is 1. The summed E-state index contributed by atoms with van der Waals surface area (Å²) in [6.07, 6.45) is 2.69. The number of aryl methyl sites for hydroxylation is 1. The van der Waals surface area contributed by atoms with Crippen molar-refractivity contribution in [2.24, 2.45) is 0 Å². The van der Waals surface area contributed by atoms with E-state index in [0.717, 1.165) is 5.56 Å². The number of phenols is 1. The summed E-state index contributed by atoms with van der Waals surface area (Å²) in [4.78, 5) is 42.7. The van der Waals surface area contributed by atoms with E-state index in [0.29, 0.717) is 84.6 Å². The lowest BCUT2D eigenvalue weighted by atomic mass is 10.0. The average molecular weight is 679 g/mol. The molecule has 0 aliphatic carbocycles. The van der Waals surface area contributed by atoms with Crippen molar-refractivity contribution < 1.29 is 23.8 Å². The zero-order valence-corrected chi connectivity index (χ0v) is 27.4. The molecule has 0 radical (unpaired) electrons. The number of hydrogen-bond donors (Lipinski definition) is 2. The number of amides is 1. The Balaban J connectivity index is 1.31. The molecule has 1 aliphatic heterocycles. The second-order valence-corrected chi connectivity index (χ2v) is 12.0. The zero-order valence-electron chi connectivity index (χ0n) is 27.4. The first-order valence-corrected chi connectivity index (χ1v) is 16.3. The van der Waals surface area contributed by atoms with E-state index in [2.05, 4.69) is 9.97 Å². The van der Waals surface area contributed by atoms with Crippen LogP contribution < -0.4 is 16.0 Å². The highest BCUT2D eigenvalue weighted by atomic mass is 19.1. The molecule has 0 unspecified atom stereocenters. The molecule has 13 nitrogen and oxygen atoms in total. The first-order chi connectivity index (χ1) is 24.3. The fourth-order valence-electron chi connectivity index (χ4n) is 6.37. The molecule has 1 aliphatic rings. The van der Waals surface area contributed by atoms with Crippen molar-refractivity contribution >= 4 is 33.7 Å². The average Bonchev–Trinajstić information content (AvgIpc) is 3.50. The molecule has 6 aromatic rings. The summed E-state index contributed by atoms with van der Waals surface area (Å²) in [6.45, 7) is 2.07. The van der Waals surface area contributed by atoms with Gasteiger partial charge in [0.15, 0.2) is 17.2 Å². The van der Waals surface area contributed by atoms with Crippen molar-refractivity contribution in [3.8, 4) is 22.8 Å². The van der Waals surface area contributed by atoms with Gasteiger partial charge in [-0.2, -0.15) is 5.10 Å². The number of benzene rings is 3. The highest BCUT2D eigenvalue weighted by Gasteiger charge is 2.22. The first-order valence-electron chi connectivity index (χ1n) is 16.3. The van der Waals surface area contributed by atoms with Gasteiger partial charge in [-0.1, -0.05) is 24.3 Å². The number of nitrogens with two attached hydrogens (primary N) is 1. The summed E-state index contributed by atoms with van der Waals surface area (Å²) >= 11 is 0. The molecule has 1 amide bonds. The fraction of sp³-hybridized carbons (Fsp3) is 0.278. The lowest BCUT2D eigenvalue weighted by Crippen LogP contribution is -2.40. The molecule has 256 valence electrons. The zero-order chi connectivity index (χ0) is 34.8. The molecule has 0 atom stereocenters. The maximum absolute atomic E-state index is 15.5. The number of carbonyl (C=O) groups is 1. The Bertz CT molecular complexity index is 2260. The largest absolute Gasteiger partial charge is 0.508 e. The number of morpholine rings is 1. The Hall–Kier alpha value is -5.89. The molecule has 1 saturated heterocycles. The van der Waals surface area contributed by atoms with Crippen LogP contribution in [0.4, 0.5) is 10.2 Å². The van der Waals surface area contributed by atoms with Crippen LogP contribution in [0.25, 0.3) is 33.2 Å². The van der Waals surface area contributed by atoms with Gasteiger partial charge in [0, 0.05) is 30.6 Å². The molecular weight excluding hydrogens is 643 g/mol. The number of nitrogens with zero attached hydrogens (tertiary/aromatic N) is 7. The van der Waals surface area contributed by atoms with Crippen LogP contribution in [-0.4, -0.2) is 78.6 Å². The van der Waals surface area contributed by atoms with Crippen LogP contribution >= 0.6 is 0 Å². The van der Waals surface area contributed by atoms with Crippen LogP contribution in [-0.2, 0) is 29.0 Å². The molecule has 50 heavy (non-hydrogen) atoms. The second-order valence-electron chi connectivity index (χ2n) is 12.0. The number of methoxy groups -OCH3 is 1. The van der Waals surface area contributed by atoms with Gasteiger partial charge in [0.25, 0.3) is 5.56 Å². The second kappa shape index (κ2) is 13.9. The lowest BCUT2D eigenvalue weighted by Gasteiger charge is -2.26. The summed E-state index contributed by atoms with van der Waals surface area (Å²) in [6, 6.07) is 16.8. The first kappa shape index (κ1) is 32.6. The molecule has 3 aromatic heterocycles. The van der Waals surface area contributed by atoms with E-state index in [1.165, 1.54) is 24.1 Å². The molecule has 0 saturated carbocycles. The van der Waals surface area contributed by atoms with Crippen LogP contribution in [0.15, 0.2) is 71.8 Å². The van der Waals surface area contributed by atoms with Crippen molar-refractivity contribution in [3.05, 3.63) is 100 Å². The van der Waals surface area contributed by atoms with Gasteiger partial charge in [-0.25, -0.2) is 24.0 Å². The van der Waals surface area contributed by atoms with Gasteiger partial charge < -0.3 is 25.2 Å². The van der Waals surface area contributed by atoms with Crippen LogP contribution in [0.5, 0.6) is 11.5 Å². The normalized spacial score (nSPS) is 13.3.